The molecule has 0 aromatic heterocycles. The molecule has 0 aliphatic carbocycles. The summed E-state index contributed by atoms with van der Waals surface area (Å²) in [5.41, 5.74) is 0. The highest BCUT2D eigenvalue weighted by molar-refractivity contribution is 8.04. The van der Waals surface area contributed by atoms with Crippen molar-refractivity contribution in [2.75, 3.05) is 19.5 Å². The Morgan fingerprint density at radius 3 is 2.00 bits per heavy atom. The van der Waals surface area contributed by atoms with E-state index in [1.54, 1.807) is 0 Å². The molecule has 18 heavy (non-hydrogen) atoms. The summed E-state index contributed by atoms with van der Waals surface area (Å²) < 4.78 is 62.0. The number of ether oxygens (including phenoxy) is 1. The number of rotatable bonds is 7. The molecule has 0 aliphatic heterocycles. The molecule has 0 aromatic rings. The Hall–Kier alpha value is -0.240. The first-order valence-electron chi connectivity index (χ1n) is 4.90. The average molecular weight is 310 g/mol. The Bertz CT molecular complexity index is 312. The monoisotopic (exact) mass is 310 g/mol. The number of halogens is 3. The Morgan fingerprint density at radius 2 is 1.72 bits per heavy atom. The molecular formula is C8H14F3O5PS. The highest BCUT2D eigenvalue weighted by Crippen LogP contribution is 2.57. The average Bonchev–Trinajstić information content (AvgIpc) is 2.24. The van der Waals surface area contributed by atoms with Gasteiger partial charge in [-0.3, -0.25) is 4.57 Å². The fraction of sp³-hybridized carbons (Fsp3) is 0.875. The van der Waals surface area contributed by atoms with Crippen molar-refractivity contribution >= 4 is 25.3 Å². The maximum Gasteiger partial charge on any atom is 0.490 e. The van der Waals surface area contributed by atoms with Gasteiger partial charge in [0.05, 0.1) is 13.2 Å². The van der Waals surface area contributed by atoms with Gasteiger partial charge in [-0.25, -0.2) is 4.79 Å². The number of carbonyl (C=O) groups excluding carboxylic acids is 1. The van der Waals surface area contributed by atoms with Gasteiger partial charge in [0.25, 0.3) is 0 Å². The summed E-state index contributed by atoms with van der Waals surface area (Å²) in [5.74, 6) is -2.43. The molecule has 0 bridgehead atoms. The number of hydrogen-bond acceptors (Lipinski definition) is 6. The Balaban J connectivity index is 4.93. The molecule has 0 radical (unpaired) electrons. The van der Waals surface area contributed by atoms with Crippen LogP contribution in [0.1, 0.15) is 13.8 Å². The molecule has 0 aromatic carbocycles. The second kappa shape index (κ2) is 7.37. The molecule has 1 atom stereocenters. The Kier molecular flexibility index (Phi) is 7.28. The third kappa shape index (κ3) is 5.17. The highest BCUT2D eigenvalue weighted by atomic mass is 32.2. The first-order valence-corrected chi connectivity index (χ1v) is 7.80. The van der Waals surface area contributed by atoms with Gasteiger partial charge in [0.15, 0.2) is 0 Å². The molecule has 1 unspecified atom stereocenters. The van der Waals surface area contributed by atoms with Gasteiger partial charge in [-0.15, -0.1) is 11.8 Å². The number of hydrogen-bond donors (Lipinski definition) is 0. The van der Waals surface area contributed by atoms with E-state index in [0.29, 0.717) is 11.8 Å². The van der Waals surface area contributed by atoms with Gasteiger partial charge in [0.1, 0.15) is 0 Å². The number of thioether (sulfide) groups is 1. The SMILES string of the molecule is CCOP(=O)(OCC)C(OC(=O)C(F)(F)F)SC. The summed E-state index contributed by atoms with van der Waals surface area (Å²) >= 11 is 0.645. The Labute approximate surface area is 107 Å². The van der Waals surface area contributed by atoms with Crippen molar-refractivity contribution < 1.29 is 36.3 Å². The zero-order valence-corrected chi connectivity index (χ0v) is 11.7. The molecule has 0 amide bonds. The predicted molar refractivity (Wildman–Crippen MR) is 60.3 cm³/mol. The molecule has 0 saturated carbocycles. The molecule has 0 saturated heterocycles. The topological polar surface area (TPSA) is 61.8 Å². The van der Waals surface area contributed by atoms with E-state index in [9.17, 15) is 22.5 Å². The molecular weight excluding hydrogens is 296 g/mol. The first-order chi connectivity index (χ1) is 8.21. The molecule has 108 valence electrons. The van der Waals surface area contributed by atoms with Crippen LogP contribution in [0, 0.1) is 0 Å². The Morgan fingerprint density at radius 1 is 1.28 bits per heavy atom. The molecule has 0 heterocycles. The van der Waals surface area contributed by atoms with Crippen molar-refractivity contribution in [2.45, 2.75) is 25.2 Å². The lowest BCUT2D eigenvalue weighted by Crippen LogP contribution is -2.29. The van der Waals surface area contributed by atoms with Gasteiger partial charge in [-0.05, 0) is 20.1 Å². The molecule has 0 N–H and O–H groups in total. The van der Waals surface area contributed by atoms with Gasteiger partial charge in [0.2, 0.25) is 5.18 Å². The van der Waals surface area contributed by atoms with Crippen LogP contribution in [0.3, 0.4) is 0 Å². The van der Waals surface area contributed by atoms with E-state index in [1.165, 1.54) is 20.1 Å². The van der Waals surface area contributed by atoms with Crippen LogP contribution in [-0.2, 0) is 23.1 Å². The summed E-state index contributed by atoms with van der Waals surface area (Å²) in [4.78, 5) is 10.7. The molecule has 5 nitrogen and oxygen atoms in total. The lowest BCUT2D eigenvalue weighted by Gasteiger charge is -2.24. The van der Waals surface area contributed by atoms with Gasteiger partial charge < -0.3 is 13.8 Å². The highest BCUT2D eigenvalue weighted by Gasteiger charge is 2.47. The minimum atomic E-state index is -5.16. The standard InChI is InChI=1S/C8H14F3O5PS/c1-4-14-17(13,15-5-2)7(18-3)16-6(12)8(9,10)11/h7H,4-5H2,1-3H3. The zero-order chi connectivity index (χ0) is 14.4. The zero-order valence-electron chi connectivity index (χ0n) is 10.0. The maximum atomic E-state index is 12.1. The summed E-state index contributed by atoms with van der Waals surface area (Å²) in [6.07, 6.45) is -3.82. The van der Waals surface area contributed by atoms with Gasteiger partial charge >= 0.3 is 19.7 Å². The quantitative estimate of drug-likeness (QED) is 0.409. The molecule has 0 spiro atoms. The smallest absolute Gasteiger partial charge is 0.431 e. The maximum absolute atomic E-state index is 12.1. The second-order valence-corrected chi connectivity index (χ2v) is 6.14. The molecule has 0 aliphatic rings. The van der Waals surface area contributed by atoms with Crippen molar-refractivity contribution in [3.63, 3.8) is 0 Å². The summed E-state index contributed by atoms with van der Waals surface area (Å²) in [6, 6.07) is 0. The summed E-state index contributed by atoms with van der Waals surface area (Å²) in [6.45, 7) is 2.90. The van der Waals surface area contributed by atoms with Crippen molar-refractivity contribution in [3.8, 4) is 0 Å². The van der Waals surface area contributed by atoms with Gasteiger partial charge in [-0.1, -0.05) is 0 Å². The minimum absolute atomic E-state index is 0.0437. The lowest BCUT2D eigenvalue weighted by molar-refractivity contribution is -0.199. The van der Waals surface area contributed by atoms with E-state index in [2.05, 4.69) is 4.74 Å². The van der Waals surface area contributed by atoms with E-state index < -0.39 is 24.9 Å². The van der Waals surface area contributed by atoms with E-state index in [1.807, 2.05) is 0 Å². The van der Waals surface area contributed by atoms with Crippen LogP contribution in [0.5, 0.6) is 0 Å². The third-order valence-corrected chi connectivity index (χ3v) is 5.28. The van der Waals surface area contributed by atoms with Crippen LogP contribution in [0.2, 0.25) is 0 Å². The second-order valence-electron chi connectivity index (χ2n) is 2.82. The van der Waals surface area contributed by atoms with Gasteiger partial charge in [-0.2, -0.15) is 13.2 Å². The van der Waals surface area contributed by atoms with Crippen molar-refractivity contribution in [1.29, 1.82) is 0 Å². The van der Waals surface area contributed by atoms with E-state index >= 15 is 0 Å². The number of carbonyl (C=O) groups is 1. The van der Waals surface area contributed by atoms with Crippen LogP contribution in [0.4, 0.5) is 13.2 Å². The van der Waals surface area contributed by atoms with Gasteiger partial charge in [0, 0.05) is 0 Å². The van der Waals surface area contributed by atoms with Crippen molar-refractivity contribution in [2.24, 2.45) is 0 Å². The summed E-state index contributed by atoms with van der Waals surface area (Å²) in [7, 11) is -3.93. The van der Waals surface area contributed by atoms with E-state index in [0.717, 1.165) is 0 Å². The molecule has 0 fully saturated rings. The van der Waals surface area contributed by atoms with Crippen molar-refractivity contribution in [3.05, 3.63) is 0 Å². The van der Waals surface area contributed by atoms with E-state index in [4.69, 9.17) is 9.05 Å². The largest absolute Gasteiger partial charge is 0.490 e. The normalized spacial score (nSPS) is 14.3. The fourth-order valence-electron chi connectivity index (χ4n) is 0.919. The lowest BCUT2D eigenvalue weighted by atomic mass is 10.7. The van der Waals surface area contributed by atoms with Crippen molar-refractivity contribution in [1.82, 2.24) is 0 Å². The predicted octanol–water partition coefficient (Wildman–Crippen LogP) is 3.00. The van der Waals surface area contributed by atoms with Crippen LogP contribution >= 0.6 is 19.4 Å². The molecule has 0 rings (SSSR count). The van der Waals surface area contributed by atoms with Crippen LogP contribution in [-0.4, -0.2) is 36.8 Å². The van der Waals surface area contributed by atoms with E-state index in [-0.39, 0.29) is 13.2 Å². The van der Waals surface area contributed by atoms with Crippen LogP contribution in [0.15, 0.2) is 0 Å². The third-order valence-electron chi connectivity index (χ3n) is 1.52. The molecule has 10 heteroatoms. The van der Waals surface area contributed by atoms with Crippen LogP contribution < -0.4 is 0 Å². The number of alkyl halides is 3. The summed E-state index contributed by atoms with van der Waals surface area (Å²) in [5, 5.41) is -1.65. The minimum Gasteiger partial charge on any atom is -0.431 e. The number of esters is 1. The van der Waals surface area contributed by atoms with Crippen LogP contribution in [0.25, 0.3) is 0 Å². The fourth-order valence-corrected chi connectivity index (χ4v) is 3.76. The first kappa shape index (κ1) is 17.8.